The number of halogens is 2. The Hall–Kier alpha value is -1.63. The summed E-state index contributed by atoms with van der Waals surface area (Å²) in [6.45, 7) is 3.40. The summed E-state index contributed by atoms with van der Waals surface area (Å²) in [4.78, 5) is 15.9. The highest BCUT2D eigenvalue weighted by Gasteiger charge is 2.11. The van der Waals surface area contributed by atoms with Crippen LogP contribution in [-0.4, -0.2) is 27.2 Å². The molecule has 0 unspecified atom stereocenters. The number of nitrogens with zero attached hydrogens (tertiary/aromatic N) is 3. The number of fused-ring (bicyclic) bond motifs is 1. The van der Waals surface area contributed by atoms with Crippen LogP contribution in [0.4, 0.5) is 0 Å². The van der Waals surface area contributed by atoms with Gasteiger partial charge in [-0.25, -0.2) is 0 Å². The molecule has 6 nitrogen and oxygen atoms in total. The van der Waals surface area contributed by atoms with Crippen LogP contribution < -0.4 is 10.6 Å². The van der Waals surface area contributed by atoms with Gasteiger partial charge in [0.05, 0.1) is 11.4 Å². The molecule has 1 amide bonds. The highest BCUT2D eigenvalue weighted by atomic mass is 35.5. The molecule has 2 aromatic heterocycles. The predicted molar refractivity (Wildman–Crippen MR) is 97.5 cm³/mol. The number of aryl methyl sites for hydroxylation is 2. The maximum absolute atomic E-state index is 11.9. The summed E-state index contributed by atoms with van der Waals surface area (Å²) in [5, 5.41) is 10.9. The second-order valence-electron chi connectivity index (χ2n) is 5.51. The molecule has 0 aliphatic carbocycles. The average Bonchev–Trinajstić information content (AvgIpc) is 2.81. The number of rotatable bonds is 5. The SMILES string of the molecule is Cl.Cl.O=C(CCc1cc2n(n1)CCCNC2)NCc1ccncc1. The fourth-order valence-corrected chi connectivity index (χ4v) is 2.57. The first kappa shape index (κ1) is 20.4. The van der Waals surface area contributed by atoms with Crippen LogP contribution in [-0.2, 0) is 30.8 Å². The fraction of sp³-hybridized carbons (Fsp3) is 0.438. The van der Waals surface area contributed by atoms with Crippen LogP contribution in [0.25, 0.3) is 0 Å². The smallest absolute Gasteiger partial charge is 0.220 e. The molecule has 2 aromatic rings. The number of nitrogens with one attached hydrogen (secondary N) is 2. The van der Waals surface area contributed by atoms with Crippen molar-refractivity contribution in [3.05, 3.63) is 47.5 Å². The summed E-state index contributed by atoms with van der Waals surface area (Å²) in [6, 6.07) is 5.91. The van der Waals surface area contributed by atoms with Crippen LogP contribution >= 0.6 is 24.8 Å². The minimum absolute atomic E-state index is 0. The molecule has 132 valence electrons. The van der Waals surface area contributed by atoms with E-state index in [0.717, 1.165) is 37.3 Å². The Morgan fingerprint density at radius 1 is 1.29 bits per heavy atom. The maximum Gasteiger partial charge on any atom is 0.220 e. The third kappa shape index (κ3) is 5.78. The van der Waals surface area contributed by atoms with Gasteiger partial charge in [0.1, 0.15) is 0 Å². The maximum atomic E-state index is 11.9. The van der Waals surface area contributed by atoms with Crippen molar-refractivity contribution in [3.8, 4) is 0 Å². The van der Waals surface area contributed by atoms with Crippen molar-refractivity contribution in [2.45, 2.75) is 38.9 Å². The van der Waals surface area contributed by atoms with E-state index < -0.39 is 0 Å². The standard InChI is InChI=1S/C16H21N5O.2ClH/c22-16(19-11-13-4-7-17-8-5-13)3-2-14-10-15-12-18-6-1-9-21(15)20-14;;/h4-5,7-8,10,18H,1-3,6,9,11-12H2,(H,19,22);2*1H. The highest BCUT2D eigenvalue weighted by molar-refractivity contribution is 5.85. The second-order valence-corrected chi connectivity index (χ2v) is 5.51. The van der Waals surface area contributed by atoms with Crippen LogP contribution in [0, 0.1) is 0 Å². The van der Waals surface area contributed by atoms with E-state index in [1.165, 1.54) is 5.69 Å². The van der Waals surface area contributed by atoms with Gasteiger partial charge in [0.15, 0.2) is 0 Å². The molecule has 24 heavy (non-hydrogen) atoms. The summed E-state index contributed by atoms with van der Waals surface area (Å²) in [6.07, 6.45) is 5.71. The lowest BCUT2D eigenvalue weighted by Crippen LogP contribution is -2.23. The zero-order valence-corrected chi connectivity index (χ0v) is 15.0. The van der Waals surface area contributed by atoms with Crippen molar-refractivity contribution >= 4 is 30.7 Å². The zero-order valence-electron chi connectivity index (χ0n) is 13.4. The Kier molecular flexibility index (Phi) is 8.74. The molecule has 0 saturated carbocycles. The van der Waals surface area contributed by atoms with E-state index in [2.05, 4.69) is 31.5 Å². The summed E-state index contributed by atoms with van der Waals surface area (Å²) < 4.78 is 2.06. The van der Waals surface area contributed by atoms with E-state index in [9.17, 15) is 4.79 Å². The quantitative estimate of drug-likeness (QED) is 0.841. The number of aromatic nitrogens is 3. The molecule has 3 heterocycles. The van der Waals surface area contributed by atoms with Gasteiger partial charge in [-0.3, -0.25) is 14.5 Å². The van der Waals surface area contributed by atoms with E-state index >= 15 is 0 Å². The van der Waals surface area contributed by atoms with Crippen LogP contribution in [0.1, 0.15) is 29.8 Å². The van der Waals surface area contributed by atoms with Gasteiger partial charge < -0.3 is 10.6 Å². The van der Waals surface area contributed by atoms with E-state index in [-0.39, 0.29) is 30.7 Å². The van der Waals surface area contributed by atoms with Gasteiger partial charge >= 0.3 is 0 Å². The minimum atomic E-state index is 0. The monoisotopic (exact) mass is 371 g/mol. The summed E-state index contributed by atoms with van der Waals surface area (Å²) in [5.74, 6) is 0.0538. The summed E-state index contributed by atoms with van der Waals surface area (Å²) >= 11 is 0. The van der Waals surface area contributed by atoms with Crippen molar-refractivity contribution in [1.29, 1.82) is 0 Å². The Morgan fingerprint density at radius 2 is 2.08 bits per heavy atom. The molecule has 3 rings (SSSR count). The van der Waals surface area contributed by atoms with Crippen LogP contribution in [0.15, 0.2) is 30.6 Å². The molecule has 0 fully saturated rings. The van der Waals surface area contributed by atoms with E-state index in [1.54, 1.807) is 12.4 Å². The zero-order chi connectivity index (χ0) is 15.2. The predicted octanol–water partition coefficient (Wildman–Crippen LogP) is 1.86. The third-order valence-corrected chi connectivity index (χ3v) is 3.79. The molecule has 0 aromatic carbocycles. The first-order valence-electron chi connectivity index (χ1n) is 7.73. The molecular formula is C16H23Cl2N5O. The lowest BCUT2D eigenvalue weighted by molar-refractivity contribution is -0.121. The number of hydrogen-bond donors (Lipinski definition) is 2. The van der Waals surface area contributed by atoms with Crippen molar-refractivity contribution in [2.24, 2.45) is 0 Å². The first-order chi connectivity index (χ1) is 10.8. The van der Waals surface area contributed by atoms with Crippen LogP contribution in [0.3, 0.4) is 0 Å². The molecule has 1 aliphatic rings. The van der Waals surface area contributed by atoms with Gasteiger partial charge in [-0.05, 0) is 36.7 Å². The Morgan fingerprint density at radius 3 is 2.88 bits per heavy atom. The molecule has 8 heteroatoms. The molecular weight excluding hydrogens is 349 g/mol. The normalized spacial score (nSPS) is 13.0. The molecule has 0 atom stereocenters. The lowest BCUT2D eigenvalue weighted by Gasteiger charge is -2.04. The van der Waals surface area contributed by atoms with Gasteiger partial charge in [0, 0.05) is 44.9 Å². The molecule has 0 saturated heterocycles. The fourth-order valence-electron chi connectivity index (χ4n) is 2.57. The Labute approximate surface area is 154 Å². The van der Waals surface area contributed by atoms with Crippen molar-refractivity contribution in [3.63, 3.8) is 0 Å². The average molecular weight is 372 g/mol. The number of pyridine rings is 1. The molecule has 1 aliphatic heterocycles. The van der Waals surface area contributed by atoms with Gasteiger partial charge in [0.25, 0.3) is 0 Å². The first-order valence-corrected chi connectivity index (χ1v) is 7.73. The molecule has 2 N–H and O–H groups in total. The summed E-state index contributed by atoms with van der Waals surface area (Å²) in [5.41, 5.74) is 3.27. The van der Waals surface area contributed by atoms with E-state index in [1.807, 2.05) is 12.1 Å². The number of hydrogen-bond acceptors (Lipinski definition) is 4. The molecule has 0 radical (unpaired) electrons. The van der Waals surface area contributed by atoms with Gasteiger partial charge in [-0.2, -0.15) is 5.10 Å². The molecule has 0 bridgehead atoms. The summed E-state index contributed by atoms with van der Waals surface area (Å²) in [7, 11) is 0. The van der Waals surface area contributed by atoms with Crippen molar-refractivity contribution < 1.29 is 4.79 Å². The topological polar surface area (TPSA) is 71.8 Å². The van der Waals surface area contributed by atoms with E-state index in [0.29, 0.717) is 19.4 Å². The van der Waals surface area contributed by atoms with E-state index in [4.69, 9.17) is 0 Å². The largest absolute Gasteiger partial charge is 0.352 e. The number of amides is 1. The van der Waals surface area contributed by atoms with Crippen LogP contribution in [0.5, 0.6) is 0 Å². The van der Waals surface area contributed by atoms with Gasteiger partial charge in [-0.1, -0.05) is 0 Å². The van der Waals surface area contributed by atoms with Gasteiger partial charge in [0.2, 0.25) is 5.91 Å². The number of carbonyl (C=O) groups is 1. The Balaban J connectivity index is 0.00000144. The Bertz CT molecular complexity index is 609. The number of carbonyl (C=O) groups excluding carboxylic acids is 1. The minimum Gasteiger partial charge on any atom is -0.352 e. The van der Waals surface area contributed by atoms with Crippen molar-refractivity contribution in [2.75, 3.05) is 6.54 Å². The van der Waals surface area contributed by atoms with Crippen LogP contribution in [0.2, 0.25) is 0 Å². The highest BCUT2D eigenvalue weighted by Crippen LogP contribution is 2.10. The lowest BCUT2D eigenvalue weighted by atomic mass is 10.2. The second kappa shape index (κ2) is 10.3. The van der Waals surface area contributed by atoms with Crippen molar-refractivity contribution in [1.82, 2.24) is 25.4 Å². The third-order valence-electron chi connectivity index (χ3n) is 3.79. The molecule has 0 spiro atoms. The van der Waals surface area contributed by atoms with Gasteiger partial charge in [-0.15, -0.1) is 24.8 Å².